The zero-order valence-corrected chi connectivity index (χ0v) is 18.2. The average Bonchev–Trinajstić information content (AvgIpc) is 3.30. The molecule has 0 bridgehead atoms. The Morgan fingerprint density at radius 3 is 2.68 bits per heavy atom. The van der Waals surface area contributed by atoms with Gasteiger partial charge in [0.2, 0.25) is 0 Å². The lowest BCUT2D eigenvalue weighted by Crippen LogP contribution is -2.32. The van der Waals surface area contributed by atoms with Crippen molar-refractivity contribution in [3.63, 3.8) is 0 Å². The van der Waals surface area contributed by atoms with Crippen LogP contribution in [0.5, 0.6) is 0 Å². The van der Waals surface area contributed by atoms with Crippen LogP contribution in [0.25, 0.3) is 0 Å². The Balaban J connectivity index is 1.54. The van der Waals surface area contributed by atoms with Crippen molar-refractivity contribution in [3.05, 3.63) is 96.3 Å². The minimum atomic E-state index is -3.66. The number of nitrogens with zero attached hydrogens (tertiary/aromatic N) is 2. The molecule has 0 radical (unpaired) electrons. The van der Waals surface area contributed by atoms with Crippen LogP contribution < -0.4 is 9.62 Å². The van der Waals surface area contributed by atoms with Crippen molar-refractivity contribution in [2.75, 3.05) is 16.2 Å². The van der Waals surface area contributed by atoms with E-state index in [0.717, 1.165) is 23.2 Å². The van der Waals surface area contributed by atoms with Crippen LogP contribution >= 0.6 is 0 Å². The number of nitrogens with one attached hydrogen (secondary N) is 1. The highest BCUT2D eigenvalue weighted by Crippen LogP contribution is 2.50. The second-order valence-electron chi connectivity index (χ2n) is 8.02. The third kappa shape index (κ3) is 3.41. The van der Waals surface area contributed by atoms with Crippen molar-refractivity contribution < 1.29 is 8.42 Å². The standard InChI is InChI=1S/C25H25N3O2S/c1-2-28(19-9-4-3-5-10-19)31(29,30)20-13-14-24-23(16-20)21-11-6-12-22(21)25(27-24)18-8-7-15-26-17-18/h3-11,13-17,21-22,25,27H,2,12H2,1H3. The summed E-state index contributed by atoms with van der Waals surface area (Å²) in [6.07, 6.45) is 9.08. The lowest BCUT2D eigenvalue weighted by molar-refractivity contribution is 0.424. The SMILES string of the molecule is CCN(c1ccccc1)S(=O)(=O)c1ccc2c(c1)C1C=CCC1C(c1cccnc1)N2. The van der Waals surface area contributed by atoms with Crippen LogP contribution in [0.1, 0.15) is 36.4 Å². The van der Waals surface area contributed by atoms with Gasteiger partial charge in [0, 0.05) is 30.5 Å². The van der Waals surface area contributed by atoms with E-state index in [0.29, 0.717) is 23.0 Å². The number of hydrogen-bond donors (Lipinski definition) is 1. The van der Waals surface area contributed by atoms with Crippen LogP contribution in [0.3, 0.4) is 0 Å². The summed E-state index contributed by atoms with van der Waals surface area (Å²) in [7, 11) is -3.66. The van der Waals surface area contributed by atoms with Gasteiger partial charge in [-0.1, -0.05) is 36.4 Å². The predicted molar refractivity (Wildman–Crippen MR) is 124 cm³/mol. The van der Waals surface area contributed by atoms with E-state index in [1.165, 1.54) is 4.31 Å². The molecule has 158 valence electrons. The first-order valence-corrected chi connectivity index (χ1v) is 12.1. The Morgan fingerprint density at radius 1 is 1.10 bits per heavy atom. The smallest absolute Gasteiger partial charge is 0.264 e. The summed E-state index contributed by atoms with van der Waals surface area (Å²) in [4.78, 5) is 4.62. The van der Waals surface area contributed by atoms with E-state index in [1.54, 1.807) is 12.3 Å². The summed E-state index contributed by atoms with van der Waals surface area (Å²) >= 11 is 0. The molecule has 5 nitrogen and oxygen atoms in total. The van der Waals surface area contributed by atoms with E-state index in [9.17, 15) is 8.42 Å². The number of fused-ring (bicyclic) bond motifs is 3. The fraction of sp³-hybridized carbons (Fsp3) is 0.240. The number of para-hydroxylation sites is 1. The minimum absolute atomic E-state index is 0.153. The van der Waals surface area contributed by atoms with Gasteiger partial charge in [0.1, 0.15) is 0 Å². The quantitative estimate of drug-likeness (QED) is 0.570. The molecule has 5 rings (SSSR count). The first-order valence-electron chi connectivity index (χ1n) is 10.6. The van der Waals surface area contributed by atoms with Crippen molar-refractivity contribution in [1.29, 1.82) is 0 Å². The van der Waals surface area contributed by atoms with E-state index in [2.05, 4.69) is 28.5 Å². The maximum Gasteiger partial charge on any atom is 0.264 e. The average molecular weight is 432 g/mol. The summed E-state index contributed by atoms with van der Waals surface area (Å²) in [5.41, 5.74) is 3.87. The first-order chi connectivity index (χ1) is 15.1. The molecule has 2 aliphatic rings. The van der Waals surface area contributed by atoms with Gasteiger partial charge >= 0.3 is 0 Å². The van der Waals surface area contributed by atoms with Crippen molar-refractivity contribution in [2.24, 2.45) is 5.92 Å². The summed E-state index contributed by atoms with van der Waals surface area (Å²) in [5, 5.41) is 3.65. The number of aromatic nitrogens is 1. The molecule has 0 spiro atoms. The maximum atomic E-state index is 13.5. The number of allylic oxidation sites excluding steroid dienone is 2. The topological polar surface area (TPSA) is 62.3 Å². The first kappa shape index (κ1) is 19.8. The van der Waals surface area contributed by atoms with Gasteiger partial charge in [-0.3, -0.25) is 9.29 Å². The molecule has 3 unspecified atom stereocenters. The maximum absolute atomic E-state index is 13.5. The Bertz CT molecular complexity index is 1210. The Labute approximate surface area is 183 Å². The fourth-order valence-corrected chi connectivity index (χ4v) is 6.35. The number of hydrogen-bond acceptors (Lipinski definition) is 4. The van der Waals surface area contributed by atoms with Gasteiger partial charge in [0.15, 0.2) is 0 Å². The molecular formula is C25H25N3O2S. The monoisotopic (exact) mass is 431 g/mol. The fourth-order valence-electron chi connectivity index (χ4n) is 4.84. The normalized spacial score (nSPS) is 21.8. The predicted octanol–water partition coefficient (Wildman–Crippen LogP) is 5.12. The molecular weight excluding hydrogens is 406 g/mol. The van der Waals surface area contributed by atoms with Crippen molar-refractivity contribution in [2.45, 2.75) is 30.2 Å². The Hall–Kier alpha value is -3.12. The van der Waals surface area contributed by atoms with Crippen molar-refractivity contribution >= 4 is 21.4 Å². The van der Waals surface area contributed by atoms with Crippen LogP contribution in [-0.4, -0.2) is 19.9 Å². The minimum Gasteiger partial charge on any atom is -0.378 e. The van der Waals surface area contributed by atoms with E-state index in [4.69, 9.17) is 0 Å². The molecule has 31 heavy (non-hydrogen) atoms. The molecule has 1 aliphatic heterocycles. The summed E-state index contributed by atoms with van der Waals surface area (Å²) < 4.78 is 28.5. The molecule has 2 aromatic carbocycles. The molecule has 2 heterocycles. The van der Waals surface area contributed by atoms with E-state index in [1.807, 2.05) is 61.7 Å². The van der Waals surface area contributed by atoms with Crippen molar-refractivity contribution in [3.8, 4) is 0 Å². The van der Waals surface area contributed by atoms with E-state index in [-0.39, 0.29) is 12.0 Å². The zero-order chi connectivity index (χ0) is 21.4. The van der Waals surface area contributed by atoms with Crippen LogP contribution in [0.2, 0.25) is 0 Å². The van der Waals surface area contributed by atoms with Gasteiger partial charge in [-0.05, 0) is 66.8 Å². The molecule has 1 aromatic heterocycles. The van der Waals surface area contributed by atoms with Crippen LogP contribution in [0.15, 0.2) is 90.1 Å². The van der Waals surface area contributed by atoms with Gasteiger partial charge in [-0.2, -0.15) is 0 Å². The lowest BCUT2D eigenvalue weighted by Gasteiger charge is -2.37. The third-order valence-electron chi connectivity index (χ3n) is 6.30. The van der Waals surface area contributed by atoms with Gasteiger partial charge in [0.25, 0.3) is 10.0 Å². The lowest BCUT2D eigenvalue weighted by atomic mass is 9.77. The Morgan fingerprint density at radius 2 is 1.94 bits per heavy atom. The molecule has 0 saturated heterocycles. The Kier molecular flexibility index (Phi) is 5.02. The number of benzene rings is 2. The molecule has 0 amide bonds. The highest BCUT2D eigenvalue weighted by atomic mass is 32.2. The van der Waals surface area contributed by atoms with E-state index < -0.39 is 10.0 Å². The summed E-state index contributed by atoms with van der Waals surface area (Å²) in [6.45, 7) is 2.23. The van der Waals surface area contributed by atoms with Crippen LogP contribution in [0, 0.1) is 5.92 Å². The summed E-state index contributed by atoms with van der Waals surface area (Å²) in [5.74, 6) is 0.523. The van der Waals surface area contributed by atoms with Crippen LogP contribution in [-0.2, 0) is 10.0 Å². The van der Waals surface area contributed by atoms with E-state index >= 15 is 0 Å². The molecule has 3 atom stereocenters. The largest absolute Gasteiger partial charge is 0.378 e. The molecule has 3 aromatic rings. The van der Waals surface area contributed by atoms with Crippen molar-refractivity contribution in [1.82, 2.24) is 4.98 Å². The molecule has 1 aliphatic carbocycles. The molecule has 1 N–H and O–H groups in total. The highest BCUT2D eigenvalue weighted by Gasteiger charge is 2.38. The number of pyridine rings is 1. The zero-order valence-electron chi connectivity index (χ0n) is 17.3. The van der Waals surface area contributed by atoms with Gasteiger partial charge in [-0.15, -0.1) is 0 Å². The van der Waals surface area contributed by atoms with Gasteiger partial charge < -0.3 is 5.32 Å². The van der Waals surface area contributed by atoms with Gasteiger partial charge in [0.05, 0.1) is 16.6 Å². The second-order valence-corrected chi connectivity index (χ2v) is 9.88. The highest BCUT2D eigenvalue weighted by molar-refractivity contribution is 7.92. The number of anilines is 2. The van der Waals surface area contributed by atoms with Gasteiger partial charge in [-0.25, -0.2) is 8.42 Å². The molecule has 0 fully saturated rings. The third-order valence-corrected chi connectivity index (χ3v) is 8.20. The second kappa shape index (κ2) is 7.85. The van der Waals surface area contributed by atoms with Crippen LogP contribution in [0.4, 0.5) is 11.4 Å². The summed E-state index contributed by atoms with van der Waals surface area (Å²) in [6, 6.07) is 19.0. The molecule has 6 heteroatoms. The molecule has 0 saturated carbocycles. The number of sulfonamides is 1. The number of rotatable bonds is 5.